The van der Waals surface area contributed by atoms with Gasteiger partial charge in [0, 0.05) is 11.9 Å². The fourth-order valence-corrected chi connectivity index (χ4v) is 2.78. The second-order valence-corrected chi connectivity index (χ2v) is 6.41. The van der Waals surface area contributed by atoms with E-state index in [0.717, 1.165) is 18.9 Å². The molecule has 142 valence electrons. The number of aliphatic hydroxyl groups excluding tert-OH is 1. The largest absolute Gasteiger partial charge is 0.433 e. The molecule has 1 aromatic carbocycles. The molecule has 0 saturated heterocycles. The van der Waals surface area contributed by atoms with E-state index in [2.05, 4.69) is 10.3 Å². The average Bonchev–Trinajstić information content (AvgIpc) is 3.35. The van der Waals surface area contributed by atoms with E-state index in [1.807, 2.05) is 0 Å². The molecular weight excluding hydrogens is 362 g/mol. The first-order chi connectivity index (χ1) is 12.1. The fraction of sp³-hybridized carbons (Fsp3) is 0.471. The van der Waals surface area contributed by atoms with Crippen molar-refractivity contribution in [2.75, 3.05) is 13.1 Å². The van der Waals surface area contributed by atoms with Crippen molar-refractivity contribution >= 4 is 10.9 Å². The second-order valence-electron chi connectivity index (χ2n) is 6.41. The Morgan fingerprint density at radius 3 is 2.38 bits per heavy atom. The molecular formula is C17H16F6N2O. The summed E-state index contributed by atoms with van der Waals surface area (Å²) in [4.78, 5) is 3.20. The van der Waals surface area contributed by atoms with Crippen LogP contribution in [0.15, 0.2) is 24.3 Å². The van der Waals surface area contributed by atoms with Gasteiger partial charge in [-0.2, -0.15) is 26.3 Å². The highest BCUT2D eigenvalue weighted by Gasteiger charge is 2.38. The summed E-state index contributed by atoms with van der Waals surface area (Å²) < 4.78 is 78.9. The summed E-state index contributed by atoms with van der Waals surface area (Å²) in [5.74, 6) is 0.485. The number of rotatable bonds is 5. The van der Waals surface area contributed by atoms with Crippen molar-refractivity contribution in [3.8, 4) is 0 Å². The first kappa shape index (κ1) is 18.9. The Labute approximate surface area is 145 Å². The normalized spacial score (nSPS) is 16.9. The van der Waals surface area contributed by atoms with Gasteiger partial charge in [0.1, 0.15) is 5.69 Å². The third-order valence-corrected chi connectivity index (χ3v) is 4.29. The number of nitrogens with one attached hydrogen (secondary N) is 1. The van der Waals surface area contributed by atoms with E-state index in [1.54, 1.807) is 0 Å². The van der Waals surface area contributed by atoms with E-state index in [0.29, 0.717) is 24.6 Å². The lowest BCUT2D eigenvalue weighted by molar-refractivity contribution is -0.142. The number of pyridine rings is 1. The molecule has 2 aromatic rings. The van der Waals surface area contributed by atoms with Crippen molar-refractivity contribution in [2.24, 2.45) is 5.92 Å². The summed E-state index contributed by atoms with van der Waals surface area (Å²) in [6.45, 7) is 0.559. The summed E-state index contributed by atoms with van der Waals surface area (Å²) in [5.41, 5.74) is -3.76. The molecule has 1 saturated carbocycles. The third-order valence-electron chi connectivity index (χ3n) is 4.29. The highest BCUT2D eigenvalue weighted by molar-refractivity contribution is 5.86. The minimum Gasteiger partial charge on any atom is -0.387 e. The summed E-state index contributed by atoms with van der Waals surface area (Å²) in [5, 5.41) is 13.1. The summed E-state index contributed by atoms with van der Waals surface area (Å²) in [6, 6.07) is 3.62. The number of para-hydroxylation sites is 1. The molecule has 0 bridgehead atoms. The monoisotopic (exact) mass is 378 g/mol. The minimum absolute atomic E-state index is 0.0524. The molecule has 0 amide bonds. The van der Waals surface area contributed by atoms with Gasteiger partial charge in [0.05, 0.1) is 17.2 Å². The maximum atomic E-state index is 13.2. The number of hydrogen-bond donors (Lipinski definition) is 2. The Morgan fingerprint density at radius 1 is 1.12 bits per heavy atom. The van der Waals surface area contributed by atoms with Crippen LogP contribution in [0, 0.1) is 5.92 Å². The molecule has 1 aromatic heterocycles. The molecule has 3 rings (SSSR count). The van der Waals surface area contributed by atoms with Crippen LogP contribution in [0.2, 0.25) is 0 Å². The molecule has 1 atom stereocenters. The predicted octanol–water partition coefficient (Wildman–Crippen LogP) is 4.31. The Bertz CT molecular complexity index is 798. The van der Waals surface area contributed by atoms with E-state index in [1.165, 1.54) is 6.07 Å². The van der Waals surface area contributed by atoms with Crippen LogP contribution in [0.1, 0.15) is 35.8 Å². The molecule has 1 fully saturated rings. The zero-order chi connectivity index (χ0) is 19.1. The van der Waals surface area contributed by atoms with E-state index in [-0.39, 0.29) is 17.5 Å². The molecule has 3 nitrogen and oxygen atoms in total. The number of halogens is 6. The Morgan fingerprint density at radius 2 is 1.81 bits per heavy atom. The van der Waals surface area contributed by atoms with Crippen LogP contribution in [0.4, 0.5) is 26.3 Å². The van der Waals surface area contributed by atoms with Crippen molar-refractivity contribution in [3.05, 3.63) is 41.1 Å². The summed E-state index contributed by atoms with van der Waals surface area (Å²) in [6.07, 6.45) is -9.07. The Hall–Kier alpha value is -1.87. The van der Waals surface area contributed by atoms with Gasteiger partial charge in [-0.25, -0.2) is 4.98 Å². The molecule has 1 aliphatic carbocycles. The molecule has 9 heteroatoms. The van der Waals surface area contributed by atoms with Gasteiger partial charge < -0.3 is 10.4 Å². The van der Waals surface area contributed by atoms with Gasteiger partial charge >= 0.3 is 12.4 Å². The van der Waals surface area contributed by atoms with Gasteiger partial charge in [-0.05, 0) is 43.0 Å². The molecule has 0 unspecified atom stereocenters. The van der Waals surface area contributed by atoms with Crippen molar-refractivity contribution in [2.45, 2.75) is 31.3 Å². The maximum Gasteiger partial charge on any atom is 0.433 e. The van der Waals surface area contributed by atoms with Gasteiger partial charge in [0.15, 0.2) is 0 Å². The first-order valence-electron chi connectivity index (χ1n) is 8.04. The lowest BCUT2D eigenvalue weighted by Crippen LogP contribution is -2.24. The lowest BCUT2D eigenvalue weighted by atomic mass is 9.99. The SMILES string of the molecule is O[C@H](CNCC1CC1)c1cc(C(F)(F)F)nc2c(C(F)(F)F)cccc12. The lowest BCUT2D eigenvalue weighted by Gasteiger charge is -2.19. The maximum absolute atomic E-state index is 13.2. The van der Waals surface area contributed by atoms with Crippen LogP contribution in [-0.2, 0) is 12.4 Å². The van der Waals surface area contributed by atoms with Crippen molar-refractivity contribution in [3.63, 3.8) is 0 Å². The number of alkyl halides is 6. The Kier molecular flexibility index (Phi) is 4.87. The van der Waals surface area contributed by atoms with Crippen LogP contribution in [0.3, 0.4) is 0 Å². The molecule has 0 spiro atoms. The van der Waals surface area contributed by atoms with Gasteiger partial charge in [-0.1, -0.05) is 12.1 Å². The quantitative estimate of drug-likeness (QED) is 0.763. The highest BCUT2D eigenvalue weighted by Crippen LogP contribution is 2.38. The molecule has 1 heterocycles. The second kappa shape index (κ2) is 6.70. The average molecular weight is 378 g/mol. The van der Waals surface area contributed by atoms with Crippen LogP contribution in [-0.4, -0.2) is 23.2 Å². The van der Waals surface area contributed by atoms with Crippen molar-refractivity contribution < 1.29 is 31.4 Å². The first-order valence-corrected chi connectivity index (χ1v) is 8.04. The van der Waals surface area contributed by atoms with Gasteiger partial charge in [-0.3, -0.25) is 0 Å². The summed E-state index contributed by atoms with van der Waals surface area (Å²) >= 11 is 0. The van der Waals surface area contributed by atoms with Gasteiger partial charge in [0.2, 0.25) is 0 Å². The molecule has 1 aliphatic rings. The van der Waals surface area contributed by atoms with Gasteiger partial charge in [-0.15, -0.1) is 0 Å². The number of aliphatic hydroxyl groups is 1. The molecule has 0 aliphatic heterocycles. The van der Waals surface area contributed by atoms with Crippen molar-refractivity contribution in [1.82, 2.24) is 10.3 Å². The molecule has 26 heavy (non-hydrogen) atoms. The fourth-order valence-electron chi connectivity index (χ4n) is 2.78. The predicted molar refractivity (Wildman–Crippen MR) is 82.3 cm³/mol. The third kappa shape index (κ3) is 4.09. The van der Waals surface area contributed by atoms with E-state index in [9.17, 15) is 31.4 Å². The number of hydrogen-bond acceptors (Lipinski definition) is 3. The van der Waals surface area contributed by atoms with E-state index in [4.69, 9.17) is 0 Å². The minimum atomic E-state index is -4.93. The van der Waals surface area contributed by atoms with E-state index < -0.39 is 35.2 Å². The number of aromatic nitrogens is 1. The molecule has 0 radical (unpaired) electrons. The topological polar surface area (TPSA) is 45.1 Å². The highest BCUT2D eigenvalue weighted by atomic mass is 19.4. The standard InChI is InChI=1S/C17H16F6N2O/c18-16(19,20)12-3-1-2-10-11(13(26)8-24-7-9-4-5-9)6-14(17(21,22)23)25-15(10)12/h1-3,6,9,13,24,26H,4-5,7-8H2/t13-/m1/s1. The van der Waals surface area contributed by atoms with Crippen LogP contribution in [0.5, 0.6) is 0 Å². The van der Waals surface area contributed by atoms with Crippen molar-refractivity contribution in [1.29, 1.82) is 0 Å². The van der Waals surface area contributed by atoms with Crippen LogP contribution >= 0.6 is 0 Å². The van der Waals surface area contributed by atoms with E-state index >= 15 is 0 Å². The zero-order valence-corrected chi connectivity index (χ0v) is 13.5. The number of benzene rings is 1. The Balaban J connectivity index is 2.07. The zero-order valence-electron chi connectivity index (χ0n) is 13.5. The summed E-state index contributed by atoms with van der Waals surface area (Å²) in [7, 11) is 0. The molecule has 2 N–H and O–H groups in total. The van der Waals surface area contributed by atoms with Crippen LogP contribution < -0.4 is 5.32 Å². The number of nitrogens with zero attached hydrogens (tertiary/aromatic N) is 1. The van der Waals surface area contributed by atoms with Crippen LogP contribution in [0.25, 0.3) is 10.9 Å². The number of fused-ring (bicyclic) bond motifs is 1. The smallest absolute Gasteiger partial charge is 0.387 e. The van der Waals surface area contributed by atoms with Gasteiger partial charge in [0.25, 0.3) is 0 Å².